The molecule has 0 fully saturated rings. The van der Waals surface area contributed by atoms with Crippen molar-refractivity contribution >= 4 is 5.69 Å². The third-order valence-electron chi connectivity index (χ3n) is 4.22. The van der Waals surface area contributed by atoms with Gasteiger partial charge in [-0.15, -0.1) is 0 Å². The second kappa shape index (κ2) is 8.61. The fourth-order valence-electron chi connectivity index (χ4n) is 2.80. The molecule has 0 saturated carbocycles. The first-order chi connectivity index (χ1) is 11.2. The number of ether oxygens (including phenoxy) is 1. The van der Waals surface area contributed by atoms with Crippen LogP contribution < -0.4 is 9.64 Å². The van der Waals surface area contributed by atoms with E-state index in [0.717, 1.165) is 25.3 Å². The lowest BCUT2D eigenvalue weighted by Crippen LogP contribution is -2.35. The molecule has 0 aromatic heterocycles. The molecule has 23 heavy (non-hydrogen) atoms. The molecule has 1 unspecified atom stereocenters. The van der Waals surface area contributed by atoms with E-state index in [1.54, 1.807) is 0 Å². The molecule has 0 N–H and O–H groups in total. The van der Waals surface area contributed by atoms with Gasteiger partial charge in [-0.2, -0.15) is 0 Å². The summed E-state index contributed by atoms with van der Waals surface area (Å²) in [4.78, 5) is 2.38. The highest BCUT2D eigenvalue weighted by atomic mass is 16.5. The van der Waals surface area contributed by atoms with Crippen LogP contribution in [0, 0.1) is 0 Å². The van der Waals surface area contributed by atoms with E-state index in [-0.39, 0.29) is 6.10 Å². The van der Waals surface area contributed by atoms with Crippen LogP contribution in [0.1, 0.15) is 45.6 Å². The van der Waals surface area contributed by atoms with E-state index in [0.29, 0.717) is 5.92 Å². The Labute approximate surface area is 141 Å². The van der Waals surface area contributed by atoms with Gasteiger partial charge in [0.25, 0.3) is 0 Å². The molecular weight excluding hydrogens is 282 g/mol. The summed E-state index contributed by atoms with van der Waals surface area (Å²) in [5.41, 5.74) is 2.54. The quantitative estimate of drug-likeness (QED) is 0.639. The highest BCUT2D eigenvalue weighted by molar-refractivity contribution is 5.46. The number of hydrogen-bond donors (Lipinski definition) is 0. The molecule has 0 radical (unpaired) electrons. The molecule has 2 nitrogen and oxygen atoms in total. The van der Waals surface area contributed by atoms with Crippen LogP contribution in [0.3, 0.4) is 0 Å². The second-order valence-corrected chi connectivity index (χ2v) is 6.21. The molecule has 0 heterocycles. The molecular formula is C21H29NO. The lowest BCUT2D eigenvalue weighted by molar-refractivity contribution is 0.199. The van der Waals surface area contributed by atoms with Crippen molar-refractivity contribution in [3.63, 3.8) is 0 Å². The first kappa shape index (κ1) is 17.4. The van der Waals surface area contributed by atoms with E-state index in [2.05, 4.69) is 87.2 Å². The molecule has 2 aromatic carbocycles. The van der Waals surface area contributed by atoms with Gasteiger partial charge in [-0.25, -0.2) is 0 Å². The lowest BCUT2D eigenvalue weighted by atomic mass is 10.0. The maximum atomic E-state index is 6.37. The number of nitrogens with zero attached hydrogens (tertiary/aromatic N) is 1. The van der Waals surface area contributed by atoms with Crippen LogP contribution in [0.5, 0.6) is 5.75 Å². The molecule has 0 aliphatic rings. The van der Waals surface area contributed by atoms with Crippen molar-refractivity contribution in [2.75, 3.05) is 18.0 Å². The minimum Gasteiger partial charge on any atom is -0.488 e. The van der Waals surface area contributed by atoms with Gasteiger partial charge in [-0.05, 0) is 43.0 Å². The Morgan fingerprint density at radius 1 is 0.913 bits per heavy atom. The van der Waals surface area contributed by atoms with Crippen LogP contribution in [-0.2, 0) is 0 Å². The molecule has 0 saturated heterocycles. The number of benzene rings is 2. The van der Waals surface area contributed by atoms with Crippen molar-refractivity contribution in [2.45, 2.75) is 46.1 Å². The number of anilines is 1. The molecule has 0 bridgehead atoms. The maximum absolute atomic E-state index is 6.37. The SMILES string of the molecule is CCC(CN(CC)c1ccccc1)Oc1ccccc1C(C)C. The fraction of sp³-hybridized carbons (Fsp3) is 0.429. The monoisotopic (exact) mass is 311 g/mol. The molecule has 0 aliphatic heterocycles. The van der Waals surface area contributed by atoms with Crippen LogP contribution in [0.25, 0.3) is 0 Å². The lowest BCUT2D eigenvalue weighted by Gasteiger charge is -2.29. The second-order valence-electron chi connectivity index (χ2n) is 6.21. The zero-order chi connectivity index (χ0) is 16.7. The molecule has 2 heteroatoms. The van der Waals surface area contributed by atoms with Gasteiger partial charge in [-0.1, -0.05) is 57.2 Å². The van der Waals surface area contributed by atoms with E-state index < -0.39 is 0 Å². The van der Waals surface area contributed by atoms with E-state index in [1.165, 1.54) is 11.3 Å². The number of rotatable bonds is 8. The third kappa shape index (κ3) is 4.75. The smallest absolute Gasteiger partial charge is 0.123 e. The molecule has 0 amide bonds. The van der Waals surface area contributed by atoms with Crippen molar-refractivity contribution in [2.24, 2.45) is 0 Å². The van der Waals surface area contributed by atoms with Gasteiger partial charge in [0.2, 0.25) is 0 Å². The standard InChI is InChI=1S/C21H29NO/c1-5-19(16-22(6-2)18-12-8-7-9-13-18)23-21-15-11-10-14-20(21)17(3)4/h7-15,17,19H,5-6,16H2,1-4H3. The summed E-state index contributed by atoms with van der Waals surface area (Å²) >= 11 is 0. The Balaban J connectivity index is 2.11. The molecule has 2 rings (SSSR count). The summed E-state index contributed by atoms with van der Waals surface area (Å²) in [6.07, 6.45) is 1.19. The van der Waals surface area contributed by atoms with E-state index >= 15 is 0 Å². The molecule has 0 aliphatic carbocycles. The van der Waals surface area contributed by atoms with Crippen LogP contribution in [0.4, 0.5) is 5.69 Å². The van der Waals surface area contributed by atoms with Gasteiger partial charge in [0.15, 0.2) is 0 Å². The predicted molar refractivity (Wildman–Crippen MR) is 99.6 cm³/mol. The van der Waals surface area contributed by atoms with E-state index in [9.17, 15) is 0 Å². The Bertz CT molecular complexity index is 579. The molecule has 1 atom stereocenters. The topological polar surface area (TPSA) is 12.5 Å². The van der Waals surface area contributed by atoms with Crippen molar-refractivity contribution in [1.82, 2.24) is 0 Å². The summed E-state index contributed by atoms with van der Waals surface area (Å²) < 4.78 is 6.37. The third-order valence-corrected chi connectivity index (χ3v) is 4.22. The van der Waals surface area contributed by atoms with Crippen molar-refractivity contribution < 1.29 is 4.74 Å². The maximum Gasteiger partial charge on any atom is 0.123 e. The Morgan fingerprint density at radius 2 is 1.57 bits per heavy atom. The zero-order valence-corrected chi connectivity index (χ0v) is 14.8. The summed E-state index contributed by atoms with van der Waals surface area (Å²) in [6, 6.07) is 19.0. The minimum atomic E-state index is 0.190. The zero-order valence-electron chi connectivity index (χ0n) is 14.8. The summed E-state index contributed by atoms with van der Waals surface area (Å²) in [5, 5.41) is 0. The minimum absolute atomic E-state index is 0.190. The first-order valence-corrected chi connectivity index (χ1v) is 8.71. The van der Waals surface area contributed by atoms with Crippen molar-refractivity contribution in [3.8, 4) is 5.75 Å². The summed E-state index contributed by atoms with van der Waals surface area (Å²) in [6.45, 7) is 10.7. The van der Waals surface area contributed by atoms with Crippen LogP contribution >= 0.6 is 0 Å². The van der Waals surface area contributed by atoms with Crippen molar-refractivity contribution in [1.29, 1.82) is 0 Å². The normalized spacial score (nSPS) is 12.2. The average molecular weight is 311 g/mol. The predicted octanol–water partition coefficient (Wildman–Crippen LogP) is 5.49. The Morgan fingerprint density at radius 3 is 2.17 bits per heavy atom. The van der Waals surface area contributed by atoms with Crippen LogP contribution in [-0.4, -0.2) is 19.2 Å². The summed E-state index contributed by atoms with van der Waals surface area (Å²) in [5.74, 6) is 1.50. The highest BCUT2D eigenvalue weighted by Gasteiger charge is 2.16. The van der Waals surface area contributed by atoms with E-state index in [1.807, 2.05) is 0 Å². The number of hydrogen-bond acceptors (Lipinski definition) is 2. The number of likely N-dealkylation sites (N-methyl/N-ethyl adjacent to an activating group) is 1. The Hall–Kier alpha value is -1.96. The van der Waals surface area contributed by atoms with Crippen LogP contribution in [0.15, 0.2) is 54.6 Å². The number of para-hydroxylation sites is 2. The first-order valence-electron chi connectivity index (χ1n) is 8.71. The van der Waals surface area contributed by atoms with Gasteiger partial charge >= 0.3 is 0 Å². The summed E-state index contributed by atoms with van der Waals surface area (Å²) in [7, 11) is 0. The fourth-order valence-corrected chi connectivity index (χ4v) is 2.80. The van der Waals surface area contributed by atoms with E-state index in [4.69, 9.17) is 4.74 Å². The molecule has 0 spiro atoms. The average Bonchev–Trinajstić information content (AvgIpc) is 2.59. The van der Waals surface area contributed by atoms with Gasteiger partial charge in [-0.3, -0.25) is 0 Å². The molecule has 124 valence electrons. The molecule has 2 aromatic rings. The van der Waals surface area contributed by atoms with Gasteiger partial charge in [0.05, 0.1) is 6.54 Å². The van der Waals surface area contributed by atoms with Gasteiger partial charge < -0.3 is 9.64 Å². The van der Waals surface area contributed by atoms with Gasteiger partial charge in [0, 0.05) is 12.2 Å². The van der Waals surface area contributed by atoms with Crippen molar-refractivity contribution in [3.05, 3.63) is 60.2 Å². The highest BCUT2D eigenvalue weighted by Crippen LogP contribution is 2.27. The largest absolute Gasteiger partial charge is 0.488 e. The Kier molecular flexibility index (Phi) is 6.52. The van der Waals surface area contributed by atoms with Crippen LogP contribution in [0.2, 0.25) is 0 Å². The van der Waals surface area contributed by atoms with Gasteiger partial charge in [0.1, 0.15) is 11.9 Å².